The quantitative estimate of drug-likeness (QED) is 0.925. The normalized spacial score (nSPS) is 23.4. The number of piperidine rings is 1. The molecule has 1 aromatic carbocycles. The Morgan fingerprint density at radius 2 is 2.11 bits per heavy atom. The number of amides is 1. The molecule has 4 heteroatoms. The van der Waals surface area contributed by atoms with Crippen LogP contribution in [0.4, 0.5) is 0 Å². The van der Waals surface area contributed by atoms with Crippen LogP contribution >= 0.6 is 11.6 Å². The maximum Gasteiger partial charge on any atom is 0.223 e. The number of aryl methyl sites for hydroxylation is 1. The van der Waals surface area contributed by atoms with Gasteiger partial charge in [0.1, 0.15) is 0 Å². The van der Waals surface area contributed by atoms with Crippen LogP contribution in [0.3, 0.4) is 0 Å². The zero-order valence-corrected chi connectivity index (χ0v) is 12.1. The van der Waals surface area contributed by atoms with Gasteiger partial charge < -0.3 is 10.6 Å². The van der Waals surface area contributed by atoms with Crippen molar-refractivity contribution in [2.45, 2.75) is 44.7 Å². The SMILES string of the molecule is C[C@H]1C[C@@H](N)CCN1C(=O)CCc1ccc(Cl)cc1. The third kappa shape index (κ3) is 3.95. The summed E-state index contributed by atoms with van der Waals surface area (Å²) < 4.78 is 0. The van der Waals surface area contributed by atoms with E-state index in [1.165, 1.54) is 0 Å². The second-order valence-corrected chi connectivity index (χ2v) is 5.78. The molecule has 2 rings (SSSR count). The van der Waals surface area contributed by atoms with E-state index in [2.05, 4.69) is 6.92 Å². The monoisotopic (exact) mass is 280 g/mol. The molecule has 1 fully saturated rings. The van der Waals surface area contributed by atoms with E-state index in [4.69, 9.17) is 17.3 Å². The van der Waals surface area contributed by atoms with Gasteiger partial charge in [-0.2, -0.15) is 0 Å². The van der Waals surface area contributed by atoms with Gasteiger partial charge in [-0.15, -0.1) is 0 Å². The average molecular weight is 281 g/mol. The molecule has 104 valence electrons. The minimum absolute atomic E-state index is 0.231. The van der Waals surface area contributed by atoms with Crippen molar-refractivity contribution in [2.75, 3.05) is 6.54 Å². The lowest BCUT2D eigenvalue weighted by molar-refractivity contribution is -0.134. The Morgan fingerprint density at radius 3 is 2.74 bits per heavy atom. The molecule has 1 aliphatic rings. The van der Waals surface area contributed by atoms with E-state index in [1.807, 2.05) is 29.2 Å². The molecular formula is C15H21ClN2O. The van der Waals surface area contributed by atoms with Gasteiger partial charge in [-0.05, 0) is 43.9 Å². The molecule has 1 aromatic rings. The number of carbonyl (C=O) groups is 1. The highest BCUT2D eigenvalue weighted by Crippen LogP contribution is 2.18. The van der Waals surface area contributed by atoms with Gasteiger partial charge >= 0.3 is 0 Å². The van der Waals surface area contributed by atoms with Gasteiger partial charge in [0.15, 0.2) is 0 Å². The fourth-order valence-corrected chi connectivity index (χ4v) is 2.75. The molecule has 0 saturated carbocycles. The van der Waals surface area contributed by atoms with Gasteiger partial charge in [0.2, 0.25) is 5.91 Å². The Morgan fingerprint density at radius 1 is 1.42 bits per heavy atom. The predicted molar refractivity (Wildman–Crippen MR) is 78.2 cm³/mol. The number of hydrogen-bond donors (Lipinski definition) is 1. The highest BCUT2D eigenvalue weighted by atomic mass is 35.5. The Labute approximate surface area is 119 Å². The second kappa shape index (κ2) is 6.40. The van der Waals surface area contributed by atoms with Crippen molar-refractivity contribution >= 4 is 17.5 Å². The Kier molecular flexibility index (Phi) is 4.83. The Bertz CT molecular complexity index is 432. The number of rotatable bonds is 3. The van der Waals surface area contributed by atoms with Crippen LogP contribution in [0.2, 0.25) is 5.02 Å². The number of nitrogens with two attached hydrogens (primary N) is 1. The summed E-state index contributed by atoms with van der Waals surface area (Å²) in [4.78, 5) is 14.2. The van der Waals surface area contributed by atoms with Crippen molar-refractivity contribution in [1.29, 1.82) is 0 Å². The maximum absolute atomic E-state index is 12.2. The minimum atomic E-state index is 0.231. The number of halogens is 1. The first-order chi connectivity index (χ1) is 9.06. The lowest BCUT2D eigenvalue weighted by Crippen LogP contribution is -2.48. The molecule has 0 aliphatic carbocycles. The van der Waals surface area contributed by atoms with E-state index in [9.17, 15) is 4.79 Å². The van der Waals surface area contributed by atoms with E-state index in [0.717, 1.165) is 36.4 Å². The molecule has 2 atom stereocenters. The number of nitrogens with zero attached hydrogens (tertiary/aromatic N) is 1. The lowest BCUT2D eigenvalue weighted by atomic mass is 9.98. The van der Waals surface area contributed by atoms with Crippen molar-refractivity contribution in [3.63, 3.8) is 0 Å². The minimum Gasteiger partial charge on any atom is -0.340 e. The third-order valence-corrected chi connectivity index (χ3v) is 4.03. The summed E-state index contributed by atoms with van der Waals surface area (Å²) in [5.41, 5.74) is 7.07. The summed E-state index contributed by atoms with van der Waals surface area (Å²) in [5.74, 6) is 0.231. The van der Waals surface area contributed by atoms with Gasteiger partial charge in [-0.25, -0.2) is 0 Å². The van der Waals surface area contributed by atoms with Crippen LogP contribution in [0.15, 0.2) is 24.3 Å². The van der Waals surface area contributed by atoms with Crippen LogP contribution in [0.25, 0.3) is 0 Å². The molecule has 0 aromatic heterocycles. The number of benzene rings is 1. The van der Waals surface area contributed by atoms with Crippen LogP contribution in [-0.2, 0) is 11.2 Å². The lowest BCUT2D eigenvalue weighted by Gasteiger charge is -2.36. The third-order valence-electron chi connectivity index (χ3n) is 3.78. The van der Waals surface area contributed by atoms with Crippen LogP contribution in [-0.4, -0.2) is 29.4 Å². The number of likely N-dealkylation sites (tertiary alicyclic amines) is 1. The predicted octanol–water partition coefficient (Wildman–Crippen LogP) is 2.61. The summed E-state index contributed by atoms with van der Waals surface area (Å²) >= 11 is 5.84. The molecule has 0 unspecified atom stereocenters. The molecular weight excluding hydrogens is 260 g/mol. The number of carbonyl (C=O) groups excluding carboxylic acids is 1. The molecule has 2 N–H and O–H groups in total. The summed E-state index contributed by atoms with van der Waals surface area (Å²) in [6.07, 6.45) is 3.15. The molecule has 0 bridgehead atoms. The fourth-order valence-electron chi connectivity index (χ4n) is 2.62. The van der Waals surface area contributed by atoms with Crippen molar-refractivity contribution in [3.05, 3.63) is 34.9 Å². The largest absolute Gasteiger partial charge is 0.340 e. The Balaban J connectivity index is 1.85. The highest BCUT2D eigenvalue weighted by Gasteiger charge is 2.26. The van der Waals surface area contributed by atoms with E-state index in [-0.39, 0.29) is 18.0 Å². The highest BCUT2D eigenvalue weighted by molar-refractivity contribution is 6.30. The molecule has 1 aliphatic heterocycles. The fraction of sp³-hybridized carbons (Fsp3) is 0.533. The zero-order chi connectivity index (χ0) is 13.8. The van der Waals surface area contributed by atoms with Crippen LogP contribution in [0.5, 0.6) is 0 Å². The van der Waals surface area contributed by atoms with Crippen molar-refractivity contribution in [3.8, 4) is 0 Å². The Hall–Kier alpha value is -1.06. The van der Waals surface area contributed by atoms with E-state index in [1.54, 1.807) is 0 Å². The van der Waals surface area contributed by atoms with Crippen molar-refractivity contribution < 1.29 is 4.79 Å². The van der Waals surface area contributed by atoms with E-state index >= 15 is 0 Å². The molecule has 1 saturated heterocycles. The molecule has 0 spiro atoms. The van der Waals surface area contributed by atoms with Gasteiger partial charge in [-0.1, -0.05) is 23.7 Å². The first-order valence-corrected chi connectivity index (χ1v) is 7.23. The number of hydrogen-bond acceptors (Lipinski definition) is 2. The molecule has 0 radical (unpaired) electrons. The molecule has 1 amide bonds. The van der Waals surface area contributed by atoms with Gasteiger partial charge in [-0.3, -0.25) is 4.79 Å². The van der Waals surface area contributed by atoms with Crippen molar-refractivity contribution in [1.82, 2.24) is 4.90 Å². The topological polar surface area (TPSA) is 46.3 Å². The first-order valence-electron chi connectivity index (χ1n) is 6.86. The van der Waals surface area contributed by atoms with Crippen LogP contribution in [0.1, 0.15) is 31.7 Å². The average Bonchev–Trinajstić information content (AvgIpc) is 2.37. The summed E-state index contributed by atoms with van der Waals surface area (Å²) in [6.45, 7) is 2.88. The zero-order valence-electron chi connectivity index (χ0n) is 11.3. The van der Waals surface area contributed by atoms with Crippen LogP contribution in [0, 0.1) is 0 Å². The summed E-state index contributed by atoms with van der Waals surface area (Å²) in [5, 5.41) is 0.730. The van der Waals surface area contributed by atoms with E-state index < -0.39 is 0 Å². The summed E-state index contributed by atoms with van der Waals surface area (Å²) in [6, 6.07) is 8.20. The standard InChI is InChI=1S/C15H21ClN2O/c1-11-10-14(17)8-9-18(11)15(19)7-4-12-2-5-13(16)6-3-12/h2-3,5-6,11,14H,4,7-10,17H2,1H3/t11-,14-/m0/s1. The second-order valence-electron chi connectivity index (χ2n) is 5.35. The first kappa shape index (κ1) is 14.4. The van der Waals surface area contributed by atoms with Crippen LogP contribution < -0.4 is 5.73 Å². The van der Waals surface area contributed by atoms with E-state index in [0.29, 0.717) is 6.42 Å². The molecule has 1 heterocycles. The summed E-state index contributed by atoms with van der Waals surface area (Å²) in [7, 11) is 0. The molecule has 3 nitrogen and oxygen atoms in total. The van der Waals surface area contributed by atoms with Gasteiger partial charge in [0.25, 0.3) is 0 Å². The molecule has 19 heavy (non-hydrogen) atoms. The maximum atomic E-state index is 12.2. The van der Waals surface area contributed by atoms with Crippen molar-refractivity contribution in [2.24, 2.45) is 5.73 Å². The van der Waals surface area contributed by atoms with Gasteiger partial charge in [0.05, 0.1) is 0 Å². The van der Waals surface area contributed by atoms with Gasteiger partial charge in [0, 0.05) is 30.1 Å². The smallest absolute Gasteiger partial charge is 0.223 e.